The predicted molar refractivity (Wildman–Crippen MR) is 52.5 cm³/mol. The highest BCUT2D eigenvalue weighted by Gasteiger charge is 2.21. The first kappa shape index (κ1) is 10.7. The molecule has 1 aliphatic rings. The van der Waals surface area contributed by atoms with Crippen LogP contribution in [-0.4, -0.2) is 17.0 Å². The second-order valence-electron chi connectivity index (χ2n) is 4.19. The monoisotopic (exact) mass is 184 g/mol. The highest BCUT2D eigenvalue weighted by atomic mass is 16.3. The fraction of sp³-hybridized carbons (Fsp3) is 0.909. The average Bonchev–Trinajstić information content (AvgIpc) is 2.55. The molecule has 1 rings (SSSR count). The van der Waals surface area contributed by atoms with Gasteiger partial charge in [-0.2, -0.15) is 0 Å². The van der Waals surface area contributed by atoms with Crippen molar-refractivity contribution in [1.29, 1.82) is 0 Å². The molecule has 1 saturated carbocycles. The van der Waals surface area contributed by atoms with Crippen LogP contribution in [0.2, 0.25) is 0 Å². The predicted octanol–water partition coefficient (Wildman–Crippen LogP) is 2.30. The number of aliphatic hydroxyl groups is 1. The molecule has 13 heavy (non-hydrogen) atoms. The van der Waals surface area contributed by atoms with Crippen LogP contribution in [0, 0.1) is 5.92 Å². The van der Waals surface area contributed by atoms with Crippen molar-refractivity contribution in [3.05, 3.63) is 0 Å². The van der Waals surface area contributed by atoms with Crippen LogP contribution in [0.1, 0.15) is 51.9 Å². The van der Waals surface area contributed by atoms with Crippen LogP contribution in [0.15, 0.2) is 0 Å². The van der Waals surface area contributed by atoms with Crippen molar-refractivity contribution in [3.63, 3.8) is 0 Å². The Hall–Kier alpha value is -0.370. The summed E-state index contributed by atoms with van der Waals surface area (Å²) in [6.07, 6.45) is 6.71. The summed E-state index contributed by atoms with van der Waals surface area (Å²) >= 11 is 0. The van der Waals surface area contributed by atoms with Crippen LogP contribution in [-0.2, 0) is 4.79 Å². The summed E-state index contributed by atoms with van der Waals surface area (Å²) < 4.78 is 0. The summed E-state index contributed by atoms with van der Waals surface area (Å²) in [7, 11) is 0. The minimum Gasteiger partial charge on any atom is -0.393 e. The summed E-state index contributed by atoms with van der Waals surface area (Å²) in [5.74, 6) is 0.784. The van der Waals surface area contributed by atoms with Gasteiger partial charge >= 0.3 is 0 Å². The summed E-state index contributed by atoms with van der Waals surface area (Å²) in [6, 6.07) is 0. The van der Waals surface area contributed by atoms with Gasteiger partial charge in [-0.1, -0.05) is 12.8 Å². The van der Waals surface area contributed by atoms with Gasteiger partial charge in [0.25, 0.3) is 0 Å². The Labute approximate surface area is 80.3 Å². The van der Waals surface area contributed by atoms with Crippen molar-refractivity contribution in [2.45, 2.75) is 58.0 Å². The maximum absolute atomic E-state index is 11.5. The topological polar surface area (TPSA) is 37.3 Å². The molecule has 0 aromatic heterocycles. The smallest absolute Gasteiger partial charge is 0.135 e. The lowest BCUT2D eigenvalue weighted by Crippen LogP contribution is -2.11. The Kier molecular flexibility index (Phi) is 4.43. The molecule has 0 bridgehead atoms. The molecule has 0 radical (unpaired) electrons. The second-order valence-corrected chi connectivity index (χ2v) is 4.19. The fourth-order valence-corrected chi connectivity index (χ4v) is 2.02. The Morgan fingerprint density at radius 1 is 1.46 bits per heavy atom. The number of ketones is 1. The Morgan fingerprint density at radius 3 is 2.62 bits per heavy atom. The highest BCUT2D eigenvalue weighted by Crippen LogP contribution is 2.26. The molecule has 0 aliphatic heterocycles. The van der Waals surface area contributed by atoms with Crippen LogP contribution < -0.4 is 0 Å². The first-order valence-corrected chi connectivity index (χ1v) is 5.41. The molecule has 0 aromatic rings. The molecule has 76 valence electrons. The summed E-state index contributed by atoms with van der Waals surface area (Å²) in [5.41, 5.74) is 0. The van der Waals surface area contributed by atoms with Gasteiger partial charge in [0.15, 0.2) is 0 Å². The Bertz CT molecular complexity index is 157. The molecule has 2 nitrogen and oxygen atoms in total. The average molecular weight is 184 g/mol. The third-order valence-electron chi connectivity index (χ3n) is 2.86. The van der Waals surface area contributed by atoms with Crippen molar-refractivity contribution in [2.24, 2.45) is 5.92 Å². The molecule has 0 saturated heterocycles. The summed E-state index contributed by atoms with van der Waals surface area (Å²) in [6.45, 7) is 1.78. The van der Waals surface area contributed by atoms with Crippen molar-refractivity contribution >= 4 is 5.78 Å². The van der Waals surface area contributed by atoms with Gasteiger partial charge < -0.3 is 5.11 Å². The zero-order valence-corrected chi connectivity index (χ0v) is 8.46. The molecular weight excluding hydrogens is 164 g/mol. The van der Waals surface area contributed by atoms with E-state index in [0.717, 1.165) is 25.7 Å². The van der Waals surface area contributed by atoms with E-state index in [1.54, 1.807) is 6.92 Å². The van der Waals surface area contributed by atoms with Crippen LogP contribution in [0.25, 0.3) is 0 Å². The molecule has 0 heterocycles. The van der Waals surface area contributed by atoms with Gasteiger partial charge in [0.05, 0.1) is 6.10 Å². The summed E-state index contributed by atoms with van der Waals surface area (Å²) in [4.78, 5) is 11.5. The SMILES string of the molecule is CC(O)CCCC(=O)C1CCCC1. The standard InChI is InChI=1S/C11H20O2/c1-9(12)5-4-8-11(13)10-6-2-3-7-10/h9-10,12H,2-8H2,1H3. The second kappa shape index (κ2) is 5.38. The van der Waals surface area contributed by atoms with E-state index in [0.29, 0.717) is 18.1 Å². The maximum atomic E-state index is 11.5. The Morgan fingerprint density at radius 2 is 2.08 bits per heavy atom. The minimum atomic E-state index is -0.253. The van der Waals surface area contributed by atoms with E-state index < -0.39 is 0 Å². The number of carbonyl (C=O) groups is 1. The van der Waals surface area contributed by atoms with Crippen molar-refractivity contribution in [3.8, 4) is 0 Å². The molecule has 2 heteroatoms. The van der Waals surface area contributed by atoms with Gasteiger partial charge in [-0.25, -0.2) is 0 Å². The first-order valence-electron chi connectivity index (χ1n) is 5.41. The number of hydrogen-bond acceptors (Lipinski definition) is 2. The number of carbonyl (C=O) groups excluding carboxylic acids is 1. The van der Waals surface area contributed by atoms with E-state index >= 15 is 0 Å². The van der Waals surface area contributed by atoms with Gasteiger partial charge in [0.2, 0.25) is 0 Å². The van der Waals surface area contributed by atoms with Gasteiger partial charge in [-0.15, -0.1) is 0 Å². The molecule has 1 atom stereocenters. The van der Waals surface area contributed by atoms with Gasteiger partial charge in [0, 0.05) is 12.3 Å². The molecule has 0 spiro atoms. The van der Waals surface area contributed by atoms with E-state index in [9.17, 15) is 4.79 Å². The van der Waals surface area contributed by atoms with Crippen molar-refractivity contribution in [2.75, 3.05) is 0 Å². The molecule has 1 N–H and O–H groups in total. The van der Waals surface area contributed by atoms with E-state index in [-0.39, 0.29) is 6.10 Å². The molecular formula is C11H20O2. The zero-order valence-electron chi connectivity index (χ0n) is 8.46. The molecule has 0 aromatic carbocycles. The minimum absolute atomic E-state index is 0.253. The molecule has 1 fully saturated rings. The first-order chi connectivity index (χ1) is 6.20. The third kappa shape index (κ3) is 3.90. The third-order valence-corrected chi connectivity index (χ3v) is 2.86. The fourth-order valence-electron chi connectivity index (χ4n) is 2.02. The van der Waals surface area contributed by atoms with Crippen molar-refractivity contribution < 1.29 is 9.90 Å². The largest absolute Gasteiger partial charge is 0.393 e. The quantitative estimate of drug-likeness (QED) is 0.711. The number of rotatable bonds is 5. The number of hydrogen-bond donors (Lipinski definition) is 1. The highest BCUT2D eigenvalue weighted by molar-refractivity contribution is 5.81. The lowest BCUT2D eigenvalue weighted by molar-refractivity contribution is -0.122. The molecule has 0 amide bonds. The van der Waals surface area contributed by atoms with Crippen LogP contribution in [0.5, 0.6) is 0 Å². The normalized spacial score (nSPS) is 20.5. The number of Topliss-reactive ketones (excluding diaryl/α,β-unsaturated/α-hetero) is 1. The van der Waals surface area contributed by atoms with E-state index in [2.05, 4.69) is 0 Å². The number of aliphatic hydroxyl groups excluding tert-OH is 1. The van der Waals surface area contributed by atoms with E-state index in [1.165, 1.54) is 12.8 Å². The van der Waals surface area contributed by atoms with Gasteiger partial charge in [-0.3, -0.25) is 4.79 Å². The van der Waals surface area contributed by atoms with E-state index in [1.807, 2.05) is 0 Å². The summed E-state index contributed by atoms with van der Waals surface area (Å²) in [5, 5.41) is 9.02. The van der Waals surface area contributed by atoms with Gasteiger partial charge in [0.1, 0.15) is 5.78 Å². The van der Waals surface area contributed by atoms with Crippen molar-refractivity contribution in [1.82, 2.24) is 0 Å². The van der Waals surface area contributed by atoms with Gasteiger partial charge in [-0.05, 0) is 32.6 Å². The molecule has 1 aliphatic carbocycles. The Balaban J connectivity index is 2.10. The lowest BCUT2D eigenvalue weighted by atomic mass is 9.98. The lowest BCUT2D eigenvalue weighted by Gasteiger charge is -2.08. The van der Waals surface area contributed by atoms with Crippen LogP contribution in [0.4, 0.5) is 0 Å². The van der Waals surface area contributed by atoms with Crippen LogP contribution >= 0.6 is 0 Å². The zero-order chi connectivity index (χ0) is 9.68. The molecule has 1 unspecified atom stereocenters. The van der Waals surface area contributed by atoms with Crippen LogP contribution in [0.3, 0.4) is 0 Å². The maximum Gasteiger partial charge on any atom is 0.135 e. The van der Waals surface area contributed by atoms with E-state index in [4.69, 9.17) is 5.11 Å².